The molecule has 144 valence electrons. The summed E-state index contributed by atoms with van der Waals surface area (Å²) < 4.78 is 10.3. The van der Waals surface area contributed by atoms with Crippen molar-refractivity contribution in [2.45, 2.75) is 26.7 Å². The fourth-order valence-corrected chi connectivity index (χ4v) is 2.98. The van der Waals surface area contributed by atoms with Crippen molar-refractivity contribution in [2.75, 3.05) is 32.8 Å². The number of hydrogen-bond acceptors (Lipinski definition) is 6. The number of aromatic nitrogens is 2. The van der Waals surface area contributed by atoms with Crippen LogP contribution in [0.15, 0.2) is 28.8 Å². The van der Waals surface area contributed by atoms with Gasteiger partial charge in [-0.25, -0.2) is 4.79 Å². The summed E-state index contributed by atoms with van der Waals surface area (Å²) in [5.41, 5.74) is 2.02. The molecule has 2 aromatic rings. The van der Waals surface area contributed by atoms with Crippen LogP contribution in [-0.2, 0) is 16.0 Å². The molecular formula is C19H24N4O4. The molecular weight excluding hydrogens is 348 g/mol. The van der Waals surface area contributed by atoms with Crippen molar-refractivity contribution in [3.63, 3.8) is 0 Å². The zero-order valence-corrected chi connectivity index (χ0v) is 15.7. The Morgan fingerprint density at radius 3 is 2.63 bits per heavy atom. The molecule has 0 spiro atoms. The van der Waals surface area contributed by atoms with E-state index in [-0.39, 0.29) is 12.0 Å². The van der Waals surface area contributed by atoms with Crippen molar-refractivity contribution in [1.29, 1.82) is 0 Å². The average Bonchev–Trinajstić information content (AvgIpc) is 3.15. The Bertz CT molecular complexity index is 797. The van der Waals surface area contributed by atoms with Gasteiger partial charge in [0.1, 0.15) is 0 Å². The van der Waals surface area contributed by atoms with E-state index in [9.17, 15) is 9.59 Å². The van der Waals surface area contributed by atoms with Crippen LogP contribution in [0.2, 0.25) is 0 Å². The third kappa shape index (κ3) is 4.84. The van der Waals surface area contributed by atoms with E-state index in [1.807, 2.05) is 31.2 Å². The van der Waals surface area contributed by atoms with E-state index in [2.05, 4.69) is 10.1 Å². The van der Waals surface area contributed by atoms with Crippen molar-refractivity contribution in [3.8, 4) is 11.4 Å². The molecule has 8 heteroatoms. The molecule has 27 heavy (non-hydrogen) atoms. The molecule has 8 nitrogen and oxygen atoms in total. The highest BCUT2D eigenvalue weighted by molar-refractivity contribution is 5.77. The largest absolute Gasteiger partial charge is 0.450 e. The first-order valence-corrected chi connectivity index (χ1v) is 9.16. The van der Waals surface area contributed by atoms with E-state index in [1.54, 1.807) is 16.7 Å². The van der Waals surface area contributed by atoms with Gasteiger partial charge in [-0.3, -0.25) is 4.79 Å². The maximum Gasteiger partial charge on any atom is 0.409 e. The Kier molecular flexibility index (Phi) is 6.05. The lowest BCUT2D eigenvalue weighted by molar-refractivity contribution is -0.132. The summed E-state index contributed by atoms with van der Waals surface area (Å²) in [6, 6.07) is 7.86. The van der Waals surface area contributed by atoms with Crippen LogP contribution in [0.1, 0.15) is 24.8 Å². The predicted molar refractivity (Wildman–Crippen MR) is 98.0 cm³/mol. The van der Waals surface area contributed by atoms with Gasteiger partial charge in [0.05, 0.1) is 6.61 Å². The van der Waals surface area contributed by atoms with E-state index in [1.165, 1.54) is 0 Å². The van der Waals surface area contributed by atoms with Gasteiger partial charge in [-0.15, -0.1) is 0 Å². The second-order valence-corrected chi connectivity index (χ2v) is 6.45. The highest BCUT2D eigenvalue weighted by atomic mass is 16.6. The molecule has 3 rings (SSSR count). The quantitative estimate of drug-likeness (QED) is 0.800. The number of carbonyl (C=O) groups excluding carboxylic acids is 2. The van der Waals surface area contributed by atoms with Gasteiger partial charge >= 0.3 is 6.09 Å². The molecule has 0 bridgehead atoms. The molecule has 1 aliphatic rings. The summed E-state index contributed by atoms with van der Waals surface area (Å²) in [4.78, 5) is 31.9. The first-order valence-electron chi connectivity index (χ1n) is 9.16. The number of nitrogens with zero attached hydrogens (tertiary/aromatic N) is 4. The fourth-order valence-electron chi connectivity index (χ4n) is 2.98. The second-order valence-electron chi connectivity index (χ2n) is 6.45. The summed E-state index contributed by atoms with van der Waals surface area (Å²) in [5, 5.41) is 4.00. The van der Waals surface area contributed by atoms with Crippen LogP contribution in [0.3, 0.4) is 0 Å². The molecule has 0 radical (unpaired) electrons. The second kappa shape index (κ2) is 8.66. The van der Waals surface area contributed by atoms with Gasteiger partial charge in [-0.1, -0.05) is 28.9 Å². The lowest BCUT2D eigenvalue weighted by Gasteiger charge is -2.34. The van der Waals surface area contributed by atoms with Crippen LogP contribution in [0.25, 0.3) is 11.4 Å². The molecule has 1 aromatic heterocycles. The van der Waals surface area contributed by atoms with Gasteiger partial charge in [0.15, 0.2) is 0 Å². The van der Waals surface area contributed by atoms with Crippen molar-refractivity contribution in [1.82, 2.24) is 19.9 Å². The summed E-state index contributed by atoms with van der Waals surface area (Å²) in [5.74, 6) is 1.00. The number of benzene rings is 1. The standard InChI is InChI=1S/C19H24N4O4/c1-3-26-19(25)23-11-9-22(10-12-23)17(24)8-7-16-20-18(21-27-16)15-6-4-5-14(2)13-15/h4-6,13H,3,7-12H2,1-2H3. The Morgan fingerprint density at radius 1 is 1.19 bits per heavy atom. The molecule has 0 aliphatic carbocycles. The minimum Gasteiger partial charge on any atom is -0.450 e. The van der Waals surface area contributed by atoms with Gasteiger partial charge in [-0.05, 0) is 19.9 Å². The monoisotopic (exact) mass is 372 g/mol. The molecule has 0 atom stereocenters. The van der Waals surface area contributed by atoms with E-state index >= 15 is 0 Å². The topological polar surface area (TPSA) is 88.8 Å². The van der Waals surface area contributed by atoms with Crippen LogP contribution in [0.4, 0.5) is 4.79 Å². The molecule has 2 heterocycles. The first kappa shape index (κ1) is 18.9. The normalized spacial score (nSPS) is 14.3. The van der Waals surface area contributed by atoms with Crippen molar-refractivity contribution in [2.24, 2.45) is 0 Å². The fraction of sp³-hybridized carbons (Fsp3) is 0.474. The van der Waals surface area contributed by atoms with Crippen LogP contribution in [0.5, 0.6) is 0 Å². The number of hydrogen-bond donors (Lipinski definition) is 0. The summed E-state index contributed by atoms with van der Waals surface area (Å²) in [6.07, 6.45) is 0.379. The predicted octanol–water partition coefficient (Wildman–Crippen LogP) is 2.28. The highest BCUT2D eigenvalue weighted by Gasteiger charge is 2.25. The van der Waals surface area contributed by atoms with Crippen LogP contribution in [0, 0.1) is 6.92 Å². The van der Waals surface area contributed by atoms with E-state index in [0.717, 1.165) is 11.1 Å². The maximum atomic E-state index is 12.4. The Labute approximate surface area is 158 Å². The molecule has 1 fully saturated rings. The van der Waals surface area contributed by atoms with E-state index < -0.39 is 0 Å². The molecule has 1 saturated heterocycles. The molecule has 1 aliphatic heterocycles. The van der Waals surface area contributed by atoms with E-state index in [0.29, 0.717) is 57.3 Å². The Balaban J connectivity index is 1.48. The Morgan fingerprint density at radius 2 is 1.93 bits per heavy atom. The van der Waals surface area contributed by atoms with Crippen molar-refractivity contribution < 1.29 is 18.8 Å². The van der Waals surface area contributed by atoms with E-state index in [4.69, 9.17) is 9.26 Å². The minimum absolute atomic E-state index is 0.0221. The smallest absolute Gasteiger partial charge is 0.409 e. The van der Waals surface area contributed by atoms with Crippen LogP contribution in [-0.4, -0.2) is 64.7 Å². The summed E-state index contributed by atoms with van der Waals surface area (Å²) >= 11 is 0. The zero-order chi connectivity index (χ0) is 19.2. The molecule has 1 aromatic carbocycles. The lowest BCUT2D eigenvalue weighted by Crippen LogP contribution is -2.50. The van der Waals surface area contributed by atoms with Gasteiger partial charge in [-0.2, -0.15) is 4.98 Å². The van der Waals surface area contributed by atoms with Crippen molar-refractivity contribution in [3.05, 3.63) is 35.7 Å². The number of aryl methyl sites for hydroxylation is 2. The number of rotatable bonds is 5. The van der Waals surface area contributed by atoms with Gasteiger partial charge < -0.3 is 19.1 Å². The van der Waals surface area contributed by atoms with Crippen LogP contribution < -0.4 is 0 Å². The third-order valence-electron chi connectivity index (χ3n) is 4.46. The molecule has 2 amide bonds. The number of piperazine rings is 1. The number of carbonyl (C=O) groups is 2. The van der Waals surface area contributed by atoms with Crippen molar-refractivity contribution >= 4 is 12.0 Å². The third-order valence-corrected chi connectivity index (χ3v) is 4.46. The summed E-state index contributed by atoms with van der Waals surface area (Å²) in [7, 11) is 0. The highest BCUT2D eigenvalue weighted by Crippen LogP contribution is 2.17. The van der Waals surface area contributed by atoms with Gasteiger partial charge in [0, 0.05) is 44.6 Å². The molecule has 0 N–H and O–H groups in total. The lowest BCUT2D eigenvalue weighted by atomic mass is 10.1. The molecule has 0 unspecified atom stereocenters. The molecule has 0 saturated carbocycles. The Hall–Kier alpha value is -2.90. The van der Waals surface area contributed by atoms with Crippen LogP contribution >= 0.6 is 0 Å². The minimum atomic E-state index is -0.320. The van der Waals surface area contributed by atoms with Gasteiger partial charge in [0.25, 0.3) is 0 Å². The average molecular weight is 372 g/mol. The zero-order valence-electron chi connectivity index (χ0n) is 15.7. The SMILES string of the molecule is CCOC(=O)N1CCN(C(=O)CCc2nc(-c3cccc(C)c3)no2)CC1. The summed E-state index contributed by atoms with van der Waals surface area (Å²) in [6.45, 7) is 6.13. The van der Waals surface area contributed by atoms with Gasteiger partial charge in [0.2, 0.25) is 17.6 Å². The number of amides is 2. The first-order chi connectivity index (χ1) is 13.1. The maximum absolute atomic E-state index is 12.4. The number of ether oxygens (including phenoxy) is 1.